The van der Waals surface area contributed by atoms with E-state index in [0.717, 1.165) is 17.2 Å². The van der Waals surface area contributed by atoms with Crippen LogP contribution in [0.5, 0.6) is 0 Å². The van der Waals surface area contributed by atoms with Crippen molar-refractivity contribution in [3.05, 3.63) is 86.9 Å². The van der Waals surface area contributed by atoms with E-state index in [1.165, 1.54) is 12.1 Å². The first kappa shape index (κ1) is 18.6. The molecule has 0 bridgehead atoms. The molecule has 1 aromatic heterocycles. The number of nitrogens with zero attached hydrogens (tertiary/aromatic N) is 2. The Hall–Kier alpha value is -3.71. The number of hydrogen-bond acceptors (Lipinski definition) is 5. The number of nitro groups is 1. The number of non-ortho nitro benzene ring substituents is 1. The predicted octanol–water partition coefficient (Wildman–Crippen LogP) is 5.62. The molecular formula is C21H14ClN3O4. The summed E-state index contributed by atoms with van der Waals surface area (Å²) in [6.07, 6.45) is 0. The van der Waals surface area contributed by atoms with Gasteiger partial charge in [0.1, 0.15) is 5.52 Å². The number of benzene rings is 3. The molecule has 0 unspecified atom stereocenters. The molecule has 0 saturated heterocycles. The van der Waals surface area contributed by atoms with Gasteiger partial charge in [-0.25, -0.2) is 4.98 Å². The van der Waals surface area contributed by atoms with E-state index >= 15 is 0 Å². The molecule has 3 aromatic carbocycles. The second-order valence-corrected chi connectivity index (χ2v) is 6.80. The third-order valence-electron chi connectivity index (χ3n) is 4.43. The lowest BCUT2D eigenvalue weighted by atomic mass is 10.1. The van der Waals surface area contributed by atoms with Gasteiger partial charge in [0.2, 0.25) is 5.89 Å². The van der Waals surface area contributed by atoms with Gasteiger partial charge in [-0.05, 0) is 42.8 Å². The van der Waals surface area contributed by atoms with Crippen molar-refractivity contribution in [1.82, 2.24) is 4.98 Å². The molecule has 0 saturated carbocycles. The van der Waals surface area contributed by atoms with Crippen molar-refractivity contribution in [3.8, 4) is 11.5 Å². The summed E-state index contributed by atoms with van der Waals surface area (Å²) in [6.45, 7) is 1.97. The van der Waals surface area contributed by atoms with Crippen molar-refractivity contribution in [2.45, 2.75) is 6.92 Å². The maximum Gasteiger partial charge on any atom is 0.270 e. The van der Waals surface area contributed by atoms with Crippen LogP contribution in [-0.4, -0.2) is 15.8 Å². The number of anilines is 1. The zero-order chi connectivity index (χ0) is 20.5. The van der Waals surface area contributed by atoms with Crippen molar-refractivity contribution >= 4 is 40.0 Å². The summed E-state index contributed by atoms with van der Waals surface area (Å²) < 4.78 is 5.82. The van der Waals surface area contributed by atoms with Gasteiger partial charge in [-0.15, -0.1) is 0 Å². The molecule has 29 heavy (non-hydrogen) atoms. The summed E-state index contributed by atoms with van der Waals surface area (Å²) in [7, 11) is 0. The summed E-state index contributed by atoms with van der Waals surface area (Å²) in [4.78, 5) is 27.4. The number of nitrogens with one attached hydrogen (secondary N) is 1. The van der Waals surface area contributed by atoms with Crippen LogP contribution in [0.15, 0.2) is 65.1 Å². The highest BCUT2D eigenvalue weighted by Gasteiger charge is 2.17. The van der Waals surface area contributed by atoms with Crippen LogP contribution in [0.2, 0.25) is 5.02 Å². The molecule has 0 atom stereocenters. The monoisotopic (exact) mass is 407 g/mol. The molecule has 7 nitrogen and oxygen atoms in total. The molecule has 4 aromatic rings. The van der Waals surface area contributed by atoms with Crippen molar-refractivity contribution < 1.29 is 14.1 Å². The van der Waals surface area contributed by atoms with Crippen LogP contribution < -0.4 is 5.32 Å². The Kier molecular flexibility index (Phi) is 4.74. The topological polar surface area (TPSA) is 98.3 Å². The number of aryl methyl sites for hydroxylation is 1. The van der Waals surface area contributed by atoms with Crippen molar-refractivity contribution in [1.29, 1.82) is 0 Å². The van der Waals surface area contributed by atoms with Crippen LogP contribution in [0, 0.1) is 17.0 Å². The van der Waals surface area contributed by atoms with Gasteiger partial charge in [-0.2, -0.15) is 0 Å². The van der Waals surface area contributed by atoms with Gasteiger partial charge in [0.05, 0.1) is 15.5 Å². The molecular weight excluding hydrogens is 394 g/mol. The number of carbonyl (C=O) groups excluding carboxylic acids is 1. The van der Waals surface area contributed by atoms with Crippen LogP contribution in [0.25, 0.3) is 22.6 Å². The molecule has 4 rings (SSSR count). The minimum atomic E-state index is -0.582. The molecule has 0 fully saturated rings. The van der Waals surface area contributed by atoms with E-state index in [1.54, 1.807) is 18.2 Å². The van der Waals surface area contributed by atoms with Crippen LogP contribution in [0.4, 0.5) is 11.4 Å². The molecule has 0 aliphatic rings. The minimum absolute atomic E-state index is 0.0155. The van der Waals surface area contributed by atoms with E-state index in [0.29, 0.717) is 22.7 Å². The number of rotatable bonds is 4. The summed E-state index contributed by atoms with van der Waals surface area (Å²) in [5.41, 5.74) is 3.34. The second kappa shape index (κ2) is 7.37. The fourth-order valence-electron chi connectivity index (χ4n) is 2.93. The molecule has 144 valence electrons. The Morgan fingerprint density at radius 2 is 1.93 bits per heavy atom. The maximum atomic E-state index is 12.6. The Balaban J connectivity index is 1.64. The standard InChI is InChI=1S/C21H14ClN3O4/c1-12-4-2-3-5-15(12)21-24-18-10-13(6-9-19(18)29-21)23-20(26)16-11-14(25(27)28)7-8-17(16)22/h2-11H,1H3,(H,23,26). The normalized spacial score (nSPS) is 10.8. The molecule has 8 heteroatoms. The summed E-state index contributed by atoms with van der Waals surface area (Å²) >= 11 is 6.03. The second-order valence-electron chi connectivity index (χ2n) is 6.39. The quantitative estimate of drug-likeness (QED) is 0.350. The molecule has 0 spiro atoms. The fourth-order valence-corrected chi connectivity index (χ4v) is 3.14. The van der Waals surface area contributed by atoms with Gasteiger partial charge in [-0.1, -0.05) is 29.8 Å². The predicted molar refractivity (Wildman–Crippen MR) is 110 cm³/mol. The summed E-state index contributed by atoms with van der Waals surface area (Å²) in [5, 5.41) is 13.8. The van der Waals surface area contributed by atoms with Crippen LogP contribution in [0.1, 0.15) is 15.9 Å². The van der Waals surface area contributed by atoms with Gasteiger partial charge >= 0.3 is 0 Å². The van der Waals surface area contributed by atoms with E-state index in [9.17, 15) is 14.9 Å². The Morgan fingerprint density at radius 3 is 2.69 bits per heavy atom. The average Bonchev–Trinajstić information content (AvgIpc) is 3.11. The number of nitro benzene ring substituents is 1. The lowest BCUT2D eigenvalue weighted by Gasteiger charge is -2.06. The number of fused-ring (bicyclic) bond motifs is 1. The molecule has 1 N–H and O–H groups in total. The van der Waals surface area contributed by atoms with E-state index in [1.807, 2.05) is 31.2 Å². The first-order valence-corrected chi connectivity index (χ1v) is 9.02. The largest absolute Gasteiger partial charge is 0.436 e. The zero-order valence-electron chi connectivity index (χ0n) is 15.2. The first-order chi connectivity index (χ1) is 13.9. The third kappa shape index (κ3) is 3.68. The highest BCUT2D eigenvalue weighted by molar-refractivity contribution is 6.34. The number of hydrogen-bond donors (Lipinski definition) is 1. The molecule has 0 radical (unpaired) electrons. The fraction of sp³-hybridized carbons (Fsp3) is 0.0476. The van der Waals surface area contributed by atoms with Gasteiger partial charge in [0.25, 0.3) is 11.6 Å². The Morgan fingerprint density at radius 1 is 1.14 bits per heavy atom. The van der Waals surface area contributed by atoms with Gasteiger partial charge in [0, 0.05) is 23.4 Å². The lowest BCUT2D eigenvalue weighted by Crippen LogP contribution is -2.12. The van der Waals surface area contributed by atoms with Crippen LogP contribution in [-0.2, 0) is 0 Å². The van der Waals surface area contributed by atoms with Crippen molar-refractivity contribution in [2.24, 2.45) is 0 Å². The molecule has 1 amide bonds. The average molecular weight is 408 g/mol. The molecule has 0 aliphatic heterocycles. The smallest absolute Gasteiger partial charge is 0.270 e. The first-order valence-electron chi connectivity index (χ1n) is 8.64. The number of carbonyl (C=O) groups is 1. The molecule has 1 heterocycles. The van der Waals surface area contributed by atoms with Gasteiger partial charge in [-0.3, -0.25) is 14.9 Å². The van der Waals surface area contributed by atoms with Gasteiger partial charge < -0.3 is 9.73 Å². The Labute approximate surface area is 170 Å². The highest BCUT2D eigenvalue weighted by Crippen LogP contribution is 2.29. The van der Waals surface area contributed by atoms with E-state index < -0.39 is 10.8 Å². The third-order valence-corrected chi connectivity index (χ3v) is 4.76. The van der Waals surface area contributed by atoms with E-state index in [2.05, 4.69) is 10.3 Å². The number of amides is 1. The number of aromatic nitrogens is 1. The SMILES string of the molecule is Cc1ccccc1-c1nc2cc(NC(=O)c3cc([N+](=O)[O-])ccc3Cl)ccc2o1. The number of oxazole rings is 1. The van der Waals surface area contributed by atoms with Crippen LogP contribution >= 0.6 is 11.6 Å². The summed E-state index contributed by atoms with van der Waals surface area (Å²) in [6, 6.07) is 16.5. The maximum absolute atomic E-state index is 12.6. The van der Waals surface area contributed by atoms with Crippen LogP contribution in [0.3, 0.4) is 0 Å². The van der Waals surface area contributed by atoms with E-state index in [4.69, 9.17) is 16.0 Å². The Bertz CT molecular complexity index is 1270. The van der Waals surface area contributed by atoms with Gasteiger partial charge in [0.15, 0.2) is 5.58 Å². The summed E-state index contributed by atoms with van der Waals surface area (Å²) in [5.74, 6) is -0.0658. The van der Waals surface area contributed by atoms with Crippen molar-refractivity contribution in [2.75, 3.05) is 5.32 Å². The van der Waals surface area contributed by atoms with Crippen molar-refractivity contribution in [3.63, 3.8) is 0 Å². The zero-order valence-corrected chi connectivity index (χ0v) is 15.9. The minimum Gasteiger partial charge on any atom is -0.436 e. The highest BCUT2D eigenvalue weighted by atomic mass is 35.5. The van der Waals surface area contributed by atoms with E-state index in [-0.39, 0.29) is 16.3 Å². The molecule has 0 aliphatic carbocycles. The lowest BCUT2D eigenvalue weighted by molar-refractivity contribution is -0.384. The number of halogens is 1.